The van der Waals surface area contributed by atoms with E-state index in [1.165, 1.54) is 0 Å². The zero-order chi connectivity index (χ0) is 20.6. The molecular weight excluding hydrogens is 368 g/mol. The quantitative estimate of drug-likeness (QED) is 0.714. The average molecular weight is 401 g/mol. The van der Waals surface area contributed by atoms with E-state index in [4.69, 9.17) is 5.73 Å². The average Bonchev–Trinajstić information content (AvgIpc) is 3.26. The molecule has 1 atom stereocenters. The highest BCUT2D eigenvalue weighted by molar-refractivity contribution is 5.84. The number of hydrogen-bond donors (Lipinski definition) is 1. The zero-order valence-electron chi connectivity index (χ0n) is 17.1. The summed E-state index contributed by atoms with van der Waals surface area (Å²) in [5.74, 6) is -0.311. The Labute approximate surface area is 172 Å². The van der Waals surface area contributed by atoms with Gasteiger partial charge in [-0.1, -0.05) is 36.8 Å². The molecule has 158 valence electrons. The lowest BCUT2D eigenvalue weighted by Crippen LogP contribution is -2.53. The number of hydrogen-bond acceptors (Lipinski definition) is 4. The molecule has 1 aromatic carbocycles. The number of primary amides is 1. The van der Waals surface area contributed by atoms with Crippen molar-refractivity contribution in [2.24, 2.45) is 5.73 Å². The second kappa shape index (κ2) is 10.4. The van der Waals surface area contributed by atoms with Crippen molar-refractivity contribution in [2.45, 2.75) is 51.1 Å². The Morgan fingerprint density at radius 3 is 2.38 bits per heavy atom. The summed E-state index contributed by atoms with van der Waals surface area (Å²) in [4.78, 5) is 43.0. The van der Waals surface area contributed by atoms with Crippen molar-refractivity contribution in [1.82, 2.24) is 14.7 Å². The first-order valence-electron chi connectivity index (χ1n) is 10.7. The van der Waals surface area contributed by atoms with E-state index >= 15 is 0 Å². The van der Waals surface area contributed by atoms with Gasteiger partial charge in [0.25, 0.3) is 0 Å². The van der Waals surface area contributed by atoms with Crippen LogP contribution in [0.25, 0.3) is 0 Å². The minimum atomic E-state index is -0.420. The Bertz CT molecular complexity index is 703. The Hall–Kier alpha value is -2.41. The monoisotopic (exact) mass is 400 g/mol. The number of carbonyl (C=O) groups excluding carboxylic acids is 3. The highest BCUT2D eigenvalue weighted by atomic mass is 16.2. The van der Waals surface area contributed by atoms with Gasteiger partial charge in [-0.05, 0) is 37.8 Å². The third-order valence-corrected chi connectivity index (χ3v) is 5.85. The largest absolute Gasteiger partial charge is 0.370 e. The van der Waals surface area contributed by atoms with E-state index in [1.54, 1.807) is 4.90 Å². The lowest BCUT2D eigenvalue weighted by atomic mass is 10.0. The van der Waals surface area contributed by atoms with Crippen LogP contribution in [0, 0.1) is 0 Å². The van der Waals surface area contributed by atoms with Gasteiger partial charge in [0.1, 0.15) is 0 Å². The topological polar surface area (TPSA) is 87.0 Å². The van der Waals surface area contributed by atoms with Gasteiger partial charge in [-0.25, -0.2) is 0 Å². The van der Waals surface area contributed by atoms with Crippen molar-refractivity contribution in [2.75, 3.05) is 32.7 Å². The lowest BCUT2D eigenvalue weighted by Gasteiger charge is -2.37. The molecule has 0 aliphatic carbocycles. The number of amides is 3. The zero-order valence-corrected chi connectivity index (χ0v) is 17.1. The van der Waals surface area contributed by atoms with E-state index in [-0.39, 0.29) is 30.8 Å². The standard InChI is InChI=1S/C22H32N4O3/c23-20(27)11-15-26(16-18-8-2-1-3-9-18)21(28)17-25-14-5-4-10-19(25)22(29)24-12-6-7-13-24/h1-3,8-9,19H,4-7,10-17H2,(H2,23,27). The molecule has 0 radical (unpaired) electrons. The molecule has 2 N–H and O–H groups in total. The van der Waals surface area contributed by atoms with Crippen LogP contribution in [0.3, 0.4) is 0 Å². The Morgan fingerprint density at radius 2 is 1.69 bits per heavy atom. The highest BCUT2D eigenvalue weighted by Gasteiger charge is 2.34. The summed E-state index contributed by atoms with van der Waals surface area (Å²) in [6, 6.07) is 9.51. The first kappa shape index (κ1) is 21.3. The molecule has 2 aliphatic heterocycles. The van der Waals surface area contributed by atoms with Crippen LogP contribution in [-0.2, 0) is 20.9 Å². The van der Waals surface area contributed by atoms with Gasteiger partial charge in [-0.2, -0.15) is 0 Å². The Kier molecular flexibility index (Phi) is 7.63. The van der Waals surface area contributed by atoms with Crippen molar-refractivity contribution in [1.29, 1.82) is 0 Å². The number of nitrogens with two attached hydrogens (primary N) is 1. The molecular formula is C22H32N4O3. The van der Waals surface area contributed by atoms with Gasteiger partial charge in [0.2, 0.25) is 17.7 Å². The summed E-state index contributed by atoms with van der Waals surface area (Å²) in [5.41, 5.74) is 6.32. The molecule has 0 spiro atoms. The van der Waals surface area contributed by atoms with Crippen LogP contribution in [0.1, 0.15) is 44.1 Å². The van der Waals surface area contributed by atoms with Gasteiger partial charge < -0.3 is 15.5 Å². The third-order valence-electron chi connectivity index (χ3n) is 5.85. The molecule has 29 heavy (non-hydrogen) atoms. The molecule has 3 amide bonds. The van der Waals surface area contributed by atoms with E-state index in [9.17, 15) is 14.4 Å². The molecule has 7 heteroatoms. The molecule has 0 bridgehead atoms. The summed E-state index contributed by atoms with van der Waals surface area (Å²) in [5, 5.41) is 0. The van der Waals surface area contributed by atoms with E-state index in [1.807, 2.05) is 40.1 Å². The fourth-order valence-corrected chi connectivity index (χ4v) is 4.22. The summed E-state index contributed by atoms with van der Waals surface area (Å²) in [6.07, 6.45) is 5.09. The van der Waals surface area contributed by atoms with E-state index in [0.717, 1.165) is 57.3 Å². The summed E-state index contributed by atoms with van der Waals surface area (Å²) >= 11 is 0. The molecule has 2 fully saturated rings. The van der Waals surface area contributed by atoms with Crippen LogP contribution in [0.5, 0.6) is 0 Å². The molecule has 3 rings (SSSR count). The van der Waals surface area contributed by atoms with Gasteiger partial charge in [0, 0.05) is 32.6 Å². The first-order valence-corrected chi connectivity index (χ1v) is 10.7. The van der Waals surface area contributed by atoms with Crippen LogP contribution >= 0.6 is 0 Å². The molecule has 0 saturated carbocycles. The Morgan fingerprint density at radius 1 is 1.00 bits per heavy atom. The summed E-state index contributed by atoms with van der Waals surface area (Å²) in [6.45, 7) is 3.35. The molecule has 1 aromatic rings. The summed E-state index contributed by atoms with van der Waals surface area (Å²) < 4.78 is 0. The number of nitrogens with zero attached hydrogens (tertiary/aromatic N) is 3. The SMILES string of the molecule is NC(=O)CCN(Cc1ccccc1)C(=O)CN1CCCCC1C(=O)N1CCCC1. The fourth-order valence-electron chi connectivity index (χ4n) is 4.22. The van der Waals surface area contributed by atoms with Gasteiger partial charge in [-0.15, -0.1) is 0 Å². The van der Waals surface area contributed by atoms with Crippen LogP contribution in [-0.4, -0.2) is 71.2 Å². The van der Waals surface area contributed by atoms with Gasteiger partial charge in [0.15, 0.2) is 0 Å². The number of piperidine rings is 1. The van der Waals surface area contributed by atoms with Crippen LogP contribution in [0.4, 0.5) is 0 Å². The second-order valence-electron chi connectivity index (χ2n) is 8.03. The second-order valence-corrected chi connectivity index (χ2v) is 8.03. The Balaban J connectivity index is 1.66. The van der Waals surface area contributed by atoms with Crippen molar-refractivity contribution >= 4 is 17.7 Å². The van der Waals surface area contributed by atoms with Gasteiger partial charge >= 0.3 is 0 Å². The van der Waals surface area contributed by atoms with Crippen molar-refractivity contribution in [3.05, 3.63) is 35.9 Å². The van der Waals surface area contributed by atoms with E-state index in [2.05, 4.69) is 0 Å². The summed E-state index contributed by atoms with van der Waals surface area (Å²) in [7, 11) is 0. The smallest absolute Gasteiger partial charge is 0.239 e. The van der Waals surface area contributed by atoms with E-state index < -0.39 is 5.91 Å². The molecule has 1 unspecified atom stereocenters. The van der Waals surface area contributed by atoms with Crippen LogP contribution < -0.4 is 5.73 Å². The van der Waals surface area contributed by atoms with Crippen LogP contribution in [0.2, 0.25) is 0 Å². The molecule has 2 saturated heterocycles. The molecule has 2 aliphatic rings. The molecule has 0 aromatic heterocycles. The number of likely N-dealkylation sites (tertiary alicyclic amines) is 2. The maximum absolute atomic E-state index is 13.1. The van der Waals surface area contributed by atoms with Crippen molar-refractivity contribution in [3.8, 4) is 0 Å². The van der Waals surface area contributed by atoms with Crippen molar-refractivity contribution < 1.29 is 14.4 Å². The number of benzene rings is 1. The normalized spacial score (nSPS) is 19.9. The van der Waals surface area contributed by atoms with E-state index in [0.29, 0.717) is 13.1 Å². The maximum Gasteiger partial charge on any atom is 0.239 e. The maximum atomic E-state index is 13.1. The number of rotatable bonds is 8. The van der Waals surface area contributed by atoms with Crippen LogP contribution in [0.15, 0.2) is 30.3 Å². The highest BCUT2D eigenvalue weighted by Crippen LogP contribution is 2.21. The number of carbonyl (C=O) groups is 3. The molecule has 2 heterocycles. The lowest BCUT2D eigenvalue weighted by molar-refractivity contribution is -0.140. The third kappa shape index (κ3) is 6.03. The van der Waals surface area contributed by atoms with Gasteiger partial charge in [-0.3, -0.25) is 19.3 Å². The first-order chi connectivity index (χ1) is 14.0. The fraction of sp³-hybridized carbons (Fsp3) is 0.591. The predicted octanol–water partition coefficient (Wildman–Crippen LogP) is 1.37. The minimum absolute atomic E-state index is 0.0591. The minimum Gasteiger partial charge on any atom is -0.370 e. The van der Waals surface area contributed by atoms with Crippen molar-refractivity contribution in [3.63, 3.8) is 0 Å². The predicted molar refractivity (Wildman–Crippen MR) is 111 cm³/mol. The molecule has 7 nitrogen and oxygen atoms in total. The van der Waals surface area contributed by atoms with Gasteiger partial charge in [0.05, 0.1) is 12.6 Å².